The van der Waals surface area contributed by atoms with Crippen molar-refractivity contribution >= 4 is 23.1 Å². The Hall–Kier alpha value is -1.60. The Kier molecular flexibility index (Phi) is 16.1. The average Bonchev–Trinajstić information content (AvgIpc) is 3.99. The van der Waals surface area contributed by atoms with Crippen molar-refractivity contribution in [2.45, 2.75) is 143 Å². The van der Waals surface area contributed by atoms with Crippen LogP contribution in [0.3, 0.4) is 0 Å². The first-order chi connectivity index (χ1) is 26.3. The molecule has 0 aromatic heterocycles. The molecule has 8 atom stereocenters. The Bertz CT molecular complexity index is 1250. The van der Waals surface area contributed by atoms with E-state index in [-0.39, 0.29) is 18.1 Å². The molecule has 8 fully saturated rings. The van der Waals surface area contributed by atoms with Gasteiger partial charge in [-0.15, -0.1) is 0 Å². The molecule has 1 aliphatic carbocycles. The zero-order valence-corrected chi connectivity index (χ0v) is 35.6. The molecule has 1 saturated carbocycles. The van der Waals surface area contributed by atoms with Crippen LogP contribution in [0.15, 0.2) is 0 Å². The topological polar surface area (TPSA) is 152 Å². The van der Waals surface area contributed by atoms with E-state index in [1.54, 1.807) is 27.7 Å². The first-order valence-corrected chi connectivity index (χ1v) is 22.3. The van der Waals surface area contributed by atoms with Crippen LogP contribution in [0, 0.1) is 39.4 Å². The molecule has 0 bridgehead atoms. The van der Waals surface area contributed by atoms with Crippen molar-refractivity contribution in [1.82, 2.24) is 37.2 Å². The van der Waals surface area contributed by atoms with E-state index in [2.05, 4.69) is 51.1 Å². The van der Waals surface area contributed by atoms with Crippen LogP contribution < -0.4 is 37.2 Å². The predicted molar refractivity (Wildman–Crippen MR) is 221 cm³/mol. The van der Waals surface area contributed by atoms with E-state index in [1.165, 1.54) is 57.8 Å². The van der Waals surface area contributed by atoms with Gasteiger partial charge in [-0.05, 0) is 191 Å². The van der Waals surface area contributed by atoms with Crippen molar-refractivity contribution in [2.24, 2.45) is 39.4 Å². The van der Waals surface area contributed by atoms with Gasteiger partial charge in [0.15, 0.2) is 0 Å². The standard InChI is InChI=1S/C12H22N2O.C11H20N2O.C11H19NO.C10H18N2O/c1-3-10-7-13-5-4-12(10)6-11(9(2)15)14-8-12;1-8-6-12-4-3-11(8)5-10(9(2)14)13-7-11;1-9(13)10-2-3-11(8-10)4-6-12-7-5-11;1-8(13)9-6-10(7-12-9)2-4-11-5-3-10/h10-11,13-14H,3-8H2,1-2H3;8,10,12-13H,3-7H2,1-2H3;10,12H,2-8H2,1H3;9,11-12H,2-7H2,1H3. The summed E-state index contributed by atoms with van der Waals surface area (Å²) in [5.41, 5.74) is 1.76. The van der Waals surface area contributed by atoms with Gasteiger partial charge in [-0.1, -0.05) is 20.3 Å². The summed E-state index contributed by atoms with van der Waals surface area (Å²) in [7, 11) is 0. The fraction of sp³-hybridized carbons (Fsp3) is 0.909. The SMILES string of the molecule is CC(=O)C1CC2(CCNCC2)CN1.CC(=O)C1CC2(CCNCC2C)CN1.CC(=O)C1CCC2(CCNCC2)C1.CCC1CNCCC12CNC(C(C)=O)C2. The second kappa shape index (κ2) is 19.9. The third kappa shape index (κ3) is 11.3. The molecule has 8 rings (SSSR count). The molecule has 7 N–H and O–H groups in total. The summed E-state index contributed by atoms with van der Waals surface area (Å²) in [6.07, 6.45) is 15.5. The number of nitrogens with one attached hydrogen (secondary N) is 7. The molecule has 0 amide bonds. The van der Waals surface area contributed by atoms with Gasteiger partial charge in [0.2, 0.25) is 0 Å². The molecule has 0 aromatic rings. The first-order valence-electron chi connectivity index (χ1n) is 22.3. The summed E-state index contributed by atoms with van der Waals surface area (Å²) in [6, 6.07) is 0.380. The Morgan fingerprint density at radius 1 is 0.509 bits per heavy atom. The molecule has 7 aliphatic heterocycles. The predicted octanol–water partition coefficient (Wildman–Crippen LogP) is 3.55. The van der Waals surface area contributed by atoms with Gasteiger partial charge in [0.25, 0.3) is 0 Å². The number of carbonyl (C=O) groups is 4. The van der Waals surface area contributed by atoms with Gasteiger partial charge in [-0.2, -0.15) is 0 Å². The minimum Gasteiger partial charge on any atom is -0.317 e. The Balaban J connectivity index is 0.000000141. The molecule has 0 radical (unpaired) electrons. The van der Waals surface area contributed by atoms with Crippen molar-refractivity contribution in [1.29, 1.82) is 0 Å². The molecule has 11 nitrogen and oxygen atoms in total. The number of carbonyl (C=O) groups excluding carboxylic acids is 4. The summed E-state index contributed by atoms with van der Waals surface area (Å²) in [4.78, 5) is 45.1. The van der Waals surface area contributed by atoms with E-state index in [9.17, 15) is 19.2 Å². The lowest BCUT2D eigenvalue weighted by Gasteiger charge is -2.41. The van der Waals surface area contributed by atoms with Gasteiger partial charge < -0.3 is 37.2 Å². The van der Waals surface area contributed by atoms with Crippen LogP contribution in [0.4, 0.5) is 0 Å². The van der Waals surface area contributed by atoms with Crippen LogP contribution in [0.5, 0.6) is 0 Å². The van der Waals surface area contributed by atoms with Crippen molar-refractivity contribution in [3.05, 3.63) is 0 Å². The summed E-state index contributed by atoms with van der Waals surface area (Å²) in [5.74, 6) is 3.13. The number of piperidine rings is 4. The van der Waals surface area contributed by atoms with Crippen molar-refractivity contribution in [3.8, 4) is 0 Å². The third-order valence-electron chi connectivity index (χ3n) is 15.9. The summed E-state index contributed by atoms with van der Waals surface area (Å²) >= 11 is 0. The van der Waals surface area contributed by atoms with E-state index < -0.39 is 0 Å². The lowest BCUT2D eigenvalue weighted by Crippen LogP contribution is -2.46. The van der Waals surface area contributed by atoms with Gasteiger partial charge in [0.1, 0.15) is 23.1 Å². The highest BCUT2D eigenvalue weighted by atomic mass is 16.1. The molecule has 8 unspecified atom stereocenters. The van der Waals surface area contributed by atoms with Gasteiger partial charge in [-0.25, -0.2) is 0 Å². The maximum Gasteiger partial charge on any atom is 0.146 e. The summed E-state index contributed by atoms with van der Waals surface area (Å²) < 4.78 is 0. The van der Waals surface area contributed by atoms with E-state index in [0.29, 0.717) is 56.6 Å². The second-order valence-corrected chi connectivity index (χ2v) is 19.4. The smallest absolute Gasteiger partial charge is 0.146 e. The number of Topliss-reactive ketones (excluding diaryl/α,β-unsaturated/α-hetero) is 4. The van der Waals surface area contributed by atoms with Crippen LogP contribution in [0.1, 0.15) is 125 Å². The molecule has 11 heteroatoms. The molecule has 0 aromatic carbocycles. The van der Waals surface area contributed by atoms with Gasteiger partial charge >= 0.3 is 0 Å². The number of hydrogen-bond acceptors (Lipinski definition) is 11. The average molecular weight is 770 g/mol. The van der Waals surface area contributed by atoms with Gasteiger partial charge in [0.05, 0.1) is 18.1 Å². The quantitative estimate of drug-likeness (QED) is 0.220. The molecule has 7 saturated heterocycles. The maximum absolute atomic E-state index is 11.4. The summed E-state index contributed by atoms with van der Waals surface area (Å²) in [6.45, 7) is 23.5. The zero-order valence-electron chi connectivity index (χ0n) is 35.6. The lowest BCUT2D eigenvalue weighted by molar-refractivity contribution is -0.121. The maximum atomic E-state index is 11.4. The van der Waals surface area contributed by atoms with E-state index >= 15 is 0 Å². The highest BCUT2D eigenvalue weighted by Gasteiger charge is 2.47. The van der Waals surface area contributed by atoms with Crippen LogP contribution in [-0.2, 0) is 19.2 Å². The molecule has 8 aliphatic rings. The number of ketones is 4. The van der Waals surface area contributed by atoms with Gasteiger partial charge in [-0.3, -0.25) is 19.2 Å². The van der Waals surface area contributed by atoms with Crippen molar-refractivity contribution in [3.63, 3.8) is 0 Å². The minimum absolute atomic E-state index is 0.121. The van der Waals surface area contributed by atoms with E-state index in [4.69, 9.17) is 0 Å². The first kappa shape index (κ1) is 44.5. The zero-order chi connectivity index (χ0) is 39.7. The van der Waals surface area contributed by atoms with Crippen LogP contribution in [0.2, 0.25) is 0 Å². The highest BCUT2D eigenvalue weighted by molar-refractivity contribution is 5.82. The largest absolute Gasteiger partial charge is 0.317 e. The van der Waals surface area contributed by atoms with E-state index in [0.717, 1.165) is 104 Å². The molecule has 7 heterocycles. The second-order valence-electron chi connectivity index (χ2n) is 19.4. The van der Waals surface area contributed by atoms with Crippen LogP contribution in [-0.4, -0.2) is 113 Å². The number of hydrogen-bond donors (Lipinski definition) is 7. The summed E-state index contributed by atoms with van der Waals surface area (Å²) in [5, 5.41) is 23.8. The minimum atomic E-state index is 0.121. The fourth-order valence-electron chi connectivity index (χ4n) is 11.6. The Morgan fingerprint density at radius 3 is 1.47 bits per heavy atom. The molecule has 314 valence electrons. The highest BCUT2D eigenvalue weighted by Crippen LogP contribution is 2.48. The molecule has 55 heavy (non-hydrogen) atoms. The monoisotopic (exact) mass is 770 g/mol. The van der Waals surface area contributed by atoms with Crippen LogP contribution in [0.25, 0.3) is 0 Å². The molecular weight excluding hydrogens is 691 g/mol. The Morgan fingerprint density at radius 2 is 0.982 bits per heavy atom. The Labute approximate surface area is 333 Å². The lowest BCUT2D eigenvalue weighted by atomic mass is 9.68. The molecular formula is C44H79N7O4. The third-order valence-corrected chi connectivity index (χ3v) is 15.9. The fourth-order valence-corrected chi connectivity index (χ4v) is 11.6. The van der Waals surface area contributed by atoms with Gasteiger partial charge in [0, 0.05) is 25.6 Å². The van der Waals surface area contributed by atoms with E-state index in [1.807, 2.05) is 0 Å². The molecule has 4 spiro atoms. The van der Waals surface area contributed by atoms with Crippen molar-refractivity contribution < 1.29 is 19.2 Å². The van der Waals surface area contributed by atoms with Crippen molar-refractivity contribution in [2.75, 3.05) is 72.0 Å². The van der Waals surface area contributed by atoms with Crippen LogP contribution >= 0.6 is 0 Å². The number of rotatable bonds is 5. The normalized spacial score (nSPS) is 37.3.